The van der Waals surface area contributed by atoms with E-state index < -0.39 is 0 Å². The standard InChI is InChI=1S/C16H26N4OS/c1-12-11-20-15(13(2)18-16(20)22-12)10-17-6-3-7-19-8-4-14(21)5-9-19/h11,14,17,21H,3-10H2,1-2H3. The predicted molar refractivity (Wildman–Crippen MR) is 90.5 cm³/mol. The number of likely N-dealkylation sites (tertiary alicyclic amines) is 1. The molecule has 122 valence electrons. The van der Waals surface area contributed by atoms with Gasteiger partial charge in [-0.3, -0.25) is 4.40 Å². The number of nitrogens with zero attached hydrogens (tertiary/aromatic N) is 3. The van der Waals surface area contributed by atoms with Gasteiger partial charge in [-0.1, -0.05) is 0 Å². The van der Waals surface area contributed by atoms with Crippen LogP contribution in [-0.4, -0.2) is 51.7 Å². The minimum Gasteiger partial charge on any atom is -0.393 e. The van der Waals surface area contributed by atoms with Gasteiger partial charge in [-0.15, -0.1) is 11.3 Å². The molecule has 3 rings (SSSR count). The topological polar surface area (TPSA) is 52.8 Å². The largest absolute Gasteiger partial charge is 0.393 e. The first-order chi connectivity index (χ1) is 10.6. The highest BCUT2D eigenvalue weighted by Gasteiger charge is 2.16. The highest BCUT2D eigenvalue weighted by Crippen LogP contribution is 2.20. The van der Waals surface area contributed by atoms with Gasteiger partial charge >= 0.3 is 0 Å². The lowest BCUT2D eigenvalue weighted by Crippen LogP contribution is -2.37. The number of fused-ring (bicyclic) bond motifs is 1. The van der Waals surface area contributed by atoms with Gasteiger partial charge in [-0.2, -0.15) is 0 Å². The lowest BCUT2D eigenvalue weighted by Gasteiger charge is -2.29. The molecule has 1 aliphatic heterocycles. The minimum absolute atomic E-state index is 0.0734. The second-order valence-corrected chi connectivity index (χ2v) is 7.45. The Labute approximate surface area is 136 Å². The van der Waals surface area contributed by atoms with E-state index in [1.807, 2.05) is 0 Å². The third-order valence-electron chi connectivity index (χ3n) is 4.42. The molecule has 2 aromatic rings. The van der Waals surface area contributed by atoms with Crippen LogP contribution in [-0.2, 0) is 6.54 Å². The first-order valence-electron chi connectivity index (χ1n) is 8.18. The molecule has 0 bridgehead atoms. The molecule has 5 nitrogen and oxygen atoms in total. The van der Waals surface area contributed by atoms with Crippen molar-refractivity contribution in [2.24, 2.45) is 0 Å². The van der Waals surface area contributed by atoms with E-state index in [0.717, 1.165) is 62.6 Å². The Balaban J connectivity index is 1.42. The second kappa shape index (κ2) is 7.08. The van der Waals surface area contributed by atoms with Crippen molar-refractivity contribution in [1.29, 1.82) is 0 Å². The van der Waals surface area contributed by atoms with Crippen molar-refractivity contribution in [3.05, 3.63) is 22.5 Å². The van der Waals surface area contributed by atoms with E-state index in [1.165, 1.54) is 10.6 Å². The van der Waals surface area contributed by atoms with Crippen molar-refractivity contribution in [3.8, 4) is 0 Å². The molecular weight excluding hydrogens is 296 g/mol. The summed E-state index contributed by atoms with van der Waals surface area (Å²) in [5.74, 6) is 0. The summed E-state index contributed by atoms with van der Waals surface area (Å²) in [7, 11) is 0. The first kappa shape index (κ1) is 15.9. The monoisotopic (exact) mass is 322 g/mol. The maximum Gasteiger partial charge on any atom is 0.194 e. The van der Waals surface area contributed by atoms with E-state index in [0.29, 0.717) is 0 Å². The lowest BCUT2D eigenvalue weighted by atomic mass is 10.1. The van der Waals surface area contributed by atoms with Gasteiger partial charge in [0.15, 0.2) is 4.96 Å². The smallest absolute Gasteiger partial charge is 0.194 e. The Bertz CT molecular complexity index is 613. The number of nitrogens with one attached hydrogen (secondary N) is 1. The van der Waals surface area contributed by atoms with Crippen LogP contribution in [0.3, 0.4) is 0 Å². The average Bonchev–Trinajstić information content (AvgIpc) is 2.97. The Morgan fingerprint density at radius 1 is 1.36 bits per heavy atom. The van der Waals surface area contributed by atoms with Crippen LogP contribution < -0.4 is 5.32 Å². The van der Waals surface area contributed by atoms with E-state index in [-0.39, 0.29) is 6.10 Å². The fourth-order valence-corrected chi connectivity index (χ4v) is 3.99. The Kier molecular flexibility index (Phi) is 5.13. The molecule has 0 unspecified atom stereocenters. The Hall–Kier alpha value is -0.950. The first-order valence-corrected chi connectivity index (χ1v) is 9.00. The zero-order valence-corrected chi connectivity index (χ0v) is 14.3. The number of imidazole rings is 1. The van der Waals surface area contributed by atoms with Gasteiger partial charge in [0.2, 0.25) is 0 Å². The summed E-state index contributed by atoms with van der Waals surface area (Å²) in [4.78, 5) is 9.48. The molecule has 0 spiro atoms. The molecular formula is C16H26N4OS. The Morgan fingerprint density at radius 3 is 2.91 bits per heavy atom. The number of aliphatic hydroxyl groups excluding tert-OH is 1. The molecule has 0 atom stereocenters. The fourth-order valence-electron chi connectivity index (χ4n) is 3.10. The van der Waals surface area contributed by atoms with Crippen molar-refractivity contribution in [3.63, 3.8) is 0 Å². The molecule has 6 heteroatoms. The normalized spacial score (nSPS) is 17.6. The third kappa shape index (κ3) is 3.68. The van der Waals surface area contributed by atoms with Crippen LogP contribution >= 0.6 is 11.3 Å². The van der Waals surface area contributed by atoms with Gasteiger partial charge in [0, 0.05) is 30.7 Å². The number of aromatic nitrogens is 2. The Morgan fingerprint density at radius 2 is 2.14 bits per heavy atom. The van der Waals surface area contributed by atoms with Gasteiger partial charge in [-0.05, 0) is 46.2 Å². The highest BCUT2D eigenvalue weighted by molar-refractivity contribution is 7.17. The molecule has 0 aliphatic carbocycles. The van der Waals surface area contributed by atoms with Crippen LogP contribution in [0, 0.1) is 13.8 Å². The number of rotatable bonds is 6. The van der Waals surface area contributed by atoms with Gasteiger partial charge in [-0.25, -0.2) is 4.98 Å². The van der Waals surface area contributed by atoms with E-state index in [2.05, 4.69) is 39.6 Å². The molecule has 0 amide bonds. The number of thiazole rings is 1. The zero-order chi connectivity index (χ0) is 15.5. The van der Waals surface area contributed by atoms with E-state index in [1.54, 1.807) is 11.3 Å². The average molecular weight is 322 g/mol. The molecule has 3 heterocycles. The van der Waals surface area contributed by atoms with Crippen LogP contribution in [0.15, 0.2) is 6.20 Å². The summed E-state index contributed by atoms with van der Waals surface area (Å²) in [6.45, 7) is 9.32. The molecule has 0 aromatic carbocycles. The van der Waals surface area contributed by atoms with Crippen molar-refractivity contribution < 1.29 is 5.11 Å². The van der Waals surface area contributed by atoms with Crippen LogP contribution in [0.5, 0.6) is 0 Å². The fraction of sp³-hybridized carbons (Fsp3) is 0.688. The number of hydrogen-bond donors (Lipinski definition) is 2. The SMILES string of the molecule is Cc1cn2c(CNCCCN3CCC(O)CC3)c(C)nc2s1. The van der Waals surface area contributed by atoms with Gasteiger partial charge < -0.3 is 15.3 Å². The van der Waals surface area contributed by atoms with Crippen molar-refractivity contribution in [2.75, 3.05) is 26.2 Å². The summed E-state index contributed by atoms with van der Waals surface area (Å²) >= 11 is 1.75. The molecule has 1 saturated heterocycles. The highest BCUT2D eigenvalue weighted by atomic mass is 32.1. The summed E-state index contributed by atoms with van der Waals surface area (Å²) in [6, 6.07) is 0. The molecule has 2 aromatic heterocycles. The third-order valence-corrected chi connectivity index (χ3v) is 5.32. The number of aryl methyl sites for hydroxylation is 2. The van der Waals surface area contributed by atoms with Crippen LogP contribution in [0.1, 0.15) is 35.5 Å². The molecule has 22 heavy (non-hydrogen) atoms. The quantitative estimate of drug-likeness (QED) is 0.798. The van der Waals surface area contributed by atoms with E-state index >= 15 is 0 Å². The van der Waals surface area contributed by atoms with Gasteiger partial charge in [0.05, 0.1) is 17.5 Å². The minimum atomic E-state index is -0.0734. The molecule has 2 N–H and O–H groups in total. The number of hydrogen-bond acceptors (Lipinski definition) is 5. The van der Waals surface area contributed by atoms with Crippen molar-refractivity contribution in [1.82, 2.24) is 19.6 Å². The van der Waals surface area contributed by atoms with E-state index in [4.69, 9.17) is 0 Å². The van der Waals surface area contributed by atoms with Crippen LogP contribution in [0.25, 0.3) is 4.96 Å². The van der Waals surface area contributed by atoms with Crippen LogP contribution in [0.2, 0.25) is 0 Å². The van der Waals surface area contributed by atoms with Crippen molar-refractivity contribution >= 4 is 16.3 Å². The van der Waals surface area contributed by atoms with Gasteiger partial charge in [0.25, 0.3) is 0 Å². The zero-order valence-electron chi connectivity index (χ0n) is 13.5. The maximum absolute atomic E-state index is 9.51. The summed E-state index contributed by atoms with van der Waals surface area (Å²) in [5.41, 5.74) is 2.41. The maximum atomic E-state index is 9.51. The lowest BCUT2D eigenvalue weighted by molar-refractivity contribution is 0.0821. The predicted octanol–water partition coefficient (Wildman–Crippen LogP) is 1.95. The van der Waals surface area contributed by atoms with Gasteiger partial charge in [0.1, 0.15) is 0 Å². The summed E-state index contributed by atoms with van der Waals surface area (Å²) in [6.07, 6.45) is 5.11. The van der Waals surface area contributed by atoms with Crippen molar-refractivity contribution in [2.45, 2.75) is 45.8 Å². The molecule has 1 aliphatic rings. The number of piperidine rings is 1. The molecule has 0 saturated carbocycles. The van der Waals surface area contributed by atoms with Crippen LogP contribution in [0.4, 0.5) is 0 Å². The molecule has 1 fully saturated rings. The summed E-state index contributed by atoms with van der Waals surface area (Å²) in [5, 5.41) is 13.1. The molecule has 0 radical (unpaired) electrons. The summed E-state index contributed by atoms with van der Waals surface area (Å²) < 4.78 is 2.22. The second-order valence-electron chi connectivity index (χ2n) is 6.24. The number of aliphatic hydroxyl groups is 1. The van der Waals surface area contributed by atoms with E-state index in [9.17, 15) is 5.11 Å².